The van der Waals surface area contributed by atoms with Crippen LogP contribution in [0.25, 0.3) is 11.5 Å². The molecule has 1 unspecified atom stereocenters. The number of hydrogen-bond donors (Lipinski definition) is 1. The quantitative estimate of drug-likeness (QED) is 0.884. The normalized spacial score (nSPS) is 12.9. The summed E-state index contributed by atoms with van der Waals surface area (Å²) >= 11 is 0. The van der Waals surface area contributed by atoms with E-state index in [2.05, 4.69) is 34.0 Å². The third-order valence-electron chi connectivity index (χ3n) is 2.84. The van der Waals surface area contributed by atoms with Crippen molar-refractivity contribution >= 4 is 0 Å². The van der Waals surface area contributed by atoms with Gasteiger partial charge in [-0.25, -0.2) is 9.97 Å². The number of nitrogens with zero attached hydrogens (tertiary/aromatic N) is 4. The Balaban J connectivity index is 2.23. The van der Waals surface area contributed by atoms with Gasteiger partial charge in [-0.3, -0.25) is 0 Å². The van der Waals surface area contributed by atoms with Crippen molar-refractivity contribution in [3.8, 4) is 11.5 Å². The molecule has 0 spiro atoms. The largest absolute Gasteiger partial charge is 0.339 e. The van der Waals surface area contributed by atoms with Gasteiger partial charge in [0.2, 0.25) is 11.7 Å². The fourth-order valence-electron chi connectivity index (χ4n) is 1.95. The Labute approximate surface area is 112 Å². The summed E-state index contributed by atoms with van der Waals surface area (Å²) in [7, 11) is 0. The lowest BCUT2D eigenvalue weighted by atomic mass is 9.97. The van der Waals surface area contributed by atoms with E-state index < -0.39 is 0 Å². The first-order valence-electron chi connectivity index (χ1n) is 6.43. The third kappa shape index (κ3) is 3.35. The van der Waals surface area contributed by atoms with Crippen LogP contribution in [0.2, 0.25) is 0 Å². The van der Waals surface area contributed by atoms with Crippen LogP contribution >= 0.6 is 0 Å². The molecule has 2 heterocycles. The summed E-state index contributed by atoms with van der Waals surface area (Å²) < 4.78 is 5.31. The molecule has 2 rings (SSSR count). The zero-order valence-electron chi connectivity index (χ0n) is 11.5. The van der Waals surface area contributed by atoms with Crippen LogP contribution in [0.5, 0.6) is 0 Å². The van der Waals surface area contributed by atoms with Crippen LogP contribution in [0.15, 0.2) is 16.8 Å². The fraction of sp³-hybridized carbons (Fsp3) is 0.538. The zero-order valence-corrected chi connectivity index (χ0v) is 11.5. The van der Waals surface area contributed by atoms with E-state index >= 15 is 0 Å². The van der Waals surface area contributed by atoms with Gasteiger partial charge in [-0.05, 0) is 25.3 Å². The Morgan fingerprint density at radius 1 is 1.32 bits per heavy atom. The minimum atomic E-state index is 0.101. The van der Waals surface area contributed by atoms with E-state index in [0.29, 0.717) is 35.7 Å². The smallest absolute Gasteiger partial charge is 0.231 e. The van der Waals surface area contributed by atoms with E-state index in [0.717, 1.165) is 6.42 Å². The van der Waals surface area contributed by atoms with E-state index in [9.17, 15) is 0 Å². The Morgan fingerprint density at radius 2 is 2.11 bits per heavy atom. The summed E-state index contributed by atoms with van der Waals surface area (Å²) in [5.74, 6) is 2.39. The van der Waals surface area contributed by atoms with E-state index in [-0.39, 0.29) is 5.92 Å². The molecule has 1 atom stereocenters. The summed E-state index contributed by atoms with van der Waals surface area (Å²) in [6, 6.07) is 1.77. The first-order chi connectivity index (χ1) is 9.10. The lowest BCUT2D eigenvalue weighted by molar-refractivity contribution is 0.334. The Kier molecular flexibility index (Phi) is 4.21. The van der Waals surface area contributed by atoms with Crippen molar-refractivity contribution in [2.24, 2.45) is 11.7 Å². The molecule has 0 bridgehead atoms. The maximum Gasteiger partial charge on any atom is 0.231 e. The van der Waals surface area contributed by atoms with Crippen molar-refractivity contribution in [1.82, 2.24) is 20.1 Å². The van der Waals surface area contributed by atoms with Crippen molar-refractivity contribution in [3.63, 3.8) is 0 Å². The van der Waals surface area contributed by atoms with E-state index in [1.807, 2.05) is 6.92 Å². The average molecular weight is 261 g/mol. The summed E-state index contributed by atoms with van der Waals surface area (Å²) in [6.45, 7) is 6.62. The first-order valence-corrected chi connectivity index (χ1v) is 6.43. The summed E-state index contributed by atoms with van der Waals surface area (Å²) in [5, 5.41) is 3.97. The van der Waals surface area contributed by atoms with Crippen LogP contribution in [0, 0.1) is 12.8 Å². The van der Waals surface area contributed by atoms with Gasteiger partial charge in [0.15, 0.2) is 0 Å². The van der Waals surface area contributed by atoms with Gasteiger partial charge in [0.05, 0.1) is 5.92 Å². The first kappa shape index (κ1) is 13.6. The van der Waals surface area contributed by atoms with Gasteiger partial charge in [0, 0.05) is 12.7 Å². The molecule has 6 nitrogen and oxygen atoms in total. The van der Waals surface area contributed by atoms with Crippen molar-refractivity contribution in [2.75, 3.05) is 6.54 Å². The predicted molar refractivity (Wildman–Crippen MR) is 71.3 cm³/mol. The van der Waals surface area contributed by atoms with Gasteiger partial charge in [-0.15, -0.1) is 0 Å². The molecular formula is C13H19N5O. The van der Waals surface area contributed by atoms with Crippen LogP contribution in [-0.4, -0.2) is 26.7 Å². The second kappa shape index (κ2) is 5.88. The highest BCUT2D eigenvalue weighted by molar-refractivity contribution is 5.47. The molecule has 0 saturated carbocycles. The molecule has 2 aromatic rings. The van der Waals surface area contributed by atoms with Crippen LogP contribution in [0.4, 0.5) is 0 Å². The van der Waals surface area contributed by atoms with Crippen LogP contribution in [0.3, 0.4) is 0 Å². The molecule has 6 heteroatoms. The Bertz CT molecular complexity index is 537. The molecule has 0 aliphatic rings. The second-order valence-corrected chi connectivity index (χ2v) is 5.01. The minimum absolute atomic E-state index is 0.101. The Morgan fingerprint density at radius 3 is 2.74 bits per heavy atom. The van der Waals surface area contributed by atoms with E-state index in [1.165, 1.54) is 0 Å². The average Bonchev–Trinajstić information content (AvgIpc) is 2.85. The zero-order chi connectivity index (χ0) is 13.8. The molecule has 2 N–H and O–H groups in total. The van der Waals surface area contributed by atoms with Gasteiger partial charge in [-0.2, -0.15) is 4.98 Å². The molecule has 102 valence electrons. The predicted octanol–water partition coefficient (Wildman–Crippen LogP) is 1.92. The monoisotopic (exact) mass is 261 g/mol. The Hall–Kier alpha value is -1.82. The van der Waals surface area contributed by atoms with E-state index in [4.69, 9.17) is 10.3 Å². The summed E-state index contributed by atoms with van der Waals surface area (Å²) in [5.41, 5.74) is 6.44. The third-order valence-corrected chi connectivity index (χ3v) is 2.84. The van der Waals surface area contributed by atoms with Crippen LogP contribution in [-0.2, 0) is 0 Å². The van der Waals surface area contributed by atoms with Gasteiger partial charge in [0.25, 0.3) is 0 Å². The maximum atomic E-state index is 5.77. The number of aryl methyl sites for hydroxylation is 1. The summed E-state index contributed by atoms with van der Waals surface area (Å²) in [6.07, 6.45) is 2.61. The molecule has 0 radical (unpaired) electrons. The molecule has 0 aliphatic heterocycles. The minimum Gasteiger partial charge on any atom is -0.339 e. The topological polar surface area (TPSA) is 90.7 Å². The highest BCUT2D eigenvalue weighted by Crippen LogP contribution is 2.23. The second-order valence-electron chi connectivity index (χ2n) is 5.01. The van der Waals surface area contributed by atoms with Crippen molar-refractivity contribution < 1.29 is 4.52 Å². The number of nitrogens with two attached hydrogens (primary N) is 1. The molecule has 0 aromatic carbocycles. The maximum absolute atomic E-state index is 5.77. The van der Waals surface area contributed by atoms with Gasteiger partial charge < -0.3 is 10.3 Å². The lowest BCUT2D eigenvalue weighted by Gasteiger charge is -2.11. The molecule has 0 fully saturated rings. The molecule has 0 amide bonds. The highest BCUT2D eigenvalue weighted by Gasteiger charge is 2.19. The lowest BCUT2D eigenvalue weighted by Crippen LogP contribution is -2.15. The fourth-order valence-corrected chi connectivity index (χ4v) is 1.95. The van der Waals surface area contributed by atoms with Crippen molar-refractivity contribution in [1.29, 1.82) is 0 Å². The van der Waals surface area contributed by atoms with Crippen LogP contribution in [0.1, 0.15) is 37.9 Å². The number of aromatic nitrogens is 4. The van der Waals surface area contributed by atoms with Gasteiger partial charge >= 0.3 is 0 Å². The van der Waals surface area contributed by atoms with E-state index in [1.54, 1.807) is 12.3 Å². The van der Waals surface area contributed by atoms with Gasteiger partial charge in [0.1, 0.15) is 11.5 Å². The van der Waals surface area contributed by atoms with Crippen LogP contribution < -0.4 is 5.73 Å². The molecule has 2 aromatic heterocycles. The molecule has 0 saturated heterocycles. The SMILES string of the molecule is Cc1nccc(-c2noc(C(CN)CC(C)C)n2)n1. The summed E-state index contributed by atoms with van der Waals surface area (Å²) in [4.78, 5) is 12.7. The highest BCUT2D eigenvalue weighted by atomic mass is 16.5. The number of hydrogen-bond acceptors (Lipinski definition) is 6. The van der Waals surface area contributed by atoms with Crippen molar-refractivity contribution in [2.45, 2.75) is 33.1 Å². The molecular weight excluding hydrogens is 242 g/mol. The number of rotatable bonds is 5. The molecule has 19 heavy (non-hydrogen) atoms. The van der Waals surface area contributed by atoms with Crippen molar-refractivity contribution in [3.05, 3.63) is 24.0 Å². The molecule has 0 aliphatic carbocycles. The standard InChI is InChI=1S/C13H19N5O/c1-8(2)6-10(7-14)13-17-12(18-19-13)11-4-5-15-9(3)16-11/h4-5,8,10H,6-7,14H2,1-3H3. The van der Waals surface area contributed by atoms with Gasteiger partial charge in [-0.1, -0.05) is 19.0 Å².